The van der Waals surface area contributed by atoms with Crippen molar-refractivity contribution in [3.63, 3.8) is 0 Å². The van der Waals surface area contributed by atoms with E-state index in [0.717, 1.165) is 18.5 Å². The highest BCUT2D eigenvalue weighted by Crippen LogP contribution is 2.07. The van der Waals surface area contributed by atoms with Crippen molar-refractivity contribution in [2.24, 2.45) is 5.73 Å². The Balaban J connectivity index is 3.18. The van der Waals surface area contributed by atoms with Gasteiger partial charge in [0.25, 0.3) is 0 Å². The molecule has 13 heavy (non-hydrogen) atoms. The van der Waals surface area contributed by atoms with Gasteiger partial charge in [-0.05, 0) is 19.3 Å². The average Bonchev–Trinajstić information content (AvgIpc) is 2.11. The molecule has 1 heteroatoms. The molecule has 0 bridgehead atoms. The fourth-order valence-corrected chi connectivity index (χ4v) is 1.43. The van der Waals surface area contributed by atoms with Crippen molar-refractivity contribution >= 4 is 0 Å². The lowest BCUT2D eigenvalue weighted by atomic mass is 10.1. The third-order valence-electron chi connectivity index (χ3n) is 2.25. The lowest BCUT2D eigenvalue weighted by molar-refractivity contribution is 0.636. The normalized spacial score (nSPS) is 12.0. The lowest BCUT2D eigenvalue weighted by Gasteiger charge is -1.99. The van der Waals surface area contributed by atoms with E-state index in [0.29, 0.717) is 0 Å². The molecule has 0 aromatic heterocycles. The molecule has 0 aliphatic heterocycles. The summed E-state index contributed by atoms with van der Waals surface area (Å²) in [4.78, 5) is 0. The Morgan fingerprint density at radius 2 is 1.69 bits per heavy atom. The predicted molar refractivity (Wildman–Crippen MR) is 60.6 cm³/mol. The minimum absolute atomic E-state index is 1.06. The van der Waals surface area contributed by atoms with Gasteiger partial charge in [0.2, 0.25) is 0 Å². The molecule has 0 rings (SSSR count). The van der Waals surface area contributed by atoms with Gasteiger partial charge >= 0.3 is 0 Å². The summed E-state index contributed by atoms with van der Waals surface area (Å²) in [6, 6.07) is 0. The highest BCUT2D eigenvalue weighted by molar-refractivity contribution is 4.95. The molecule has 0 radical (unpaired) electrons. The maximum absolute atomic E-state index is 5.79. The Kier molecular flexibility index (Phi) is 9.29. The summed E-state index contributed by atoms with van der Waals surface area (Å²) in [5.74, 6) is 0. The second kappa shape index (κ2) is 9.63. The van der Waals surface area contributed by atoms with Crippen LogP contribution in [0.2, 0.25) is 0 Å². The molecule has 0 fully saturated rings. The first-order chi connectivity index (χ1) is 6.31. The summed E-state index contributed by atoms with van der Waals surface area (Å²) in [5.41, 5.74) is 6.87. The van der Waals surface area contributed by atoms with Crippen LogP contribution in [-0.4, -0.2) is 0 Å². The SMILES string of the molecule is CCCCCCCC=C(N)CCC. The number of allylic oxidation sites excluding steroid dienone is 2. The molecule has 0 saturated heterocycles. The summed E-state index contributed by atoms with van der Waals surface area (Å²) in [7, 11) is 0. The highest BCUT2D eigenvalue weighted by atomic mass is 14.6. The van der Waals surface area contributed by atoms with Gasteiger partial charge in [0.15, 0.2) is 0 Å². The molecule has 1 nitrogen and oxygen atoms in total. The van der Waals surface area contributed by atoms with Crippen LogP contribution in [0.4, 0.5) is 0 Å². The first-order valence-electron chi connectivity index (χ1n) is 5.75. The number of nitrogens with two attached hydrogens (primary N) is 1. The largest absolute Gasteiger partial charge is 0.402 e. The molecule has 0 aliphatic carbocycles. The minimum Gasteiger partial charge on any atom is -0.402 e. The second-order valence-corrected chi connectivity index (χ2v) is 3.73. The Labute approximate surface area is 83.4 Å². The Morgan fingerprint density at radius 1 is 1.00 bits per heavy atom. The lowest BCUT2D eigenvalue weighted by Crippen LogP contribution is -1.95. The van der Waals surface area contributed by atoms with Crippen LogP contribution < -0.4 is 5.73 Å². The Morgan fingerprint density at radius 3 is 2.31 bits per heavy atom. The molecule has 0 unspecified atom stereocenters. The van der Waals surface area contributed by atoms with Gasteiger partial charge in [-0.15, -0.1) is 0 Å². The zero-order valence-corrected chi connectivity index (χ0v) is 9.31. The Bertz CT molecular complexity index is 127. The van der Waals surface area contributed by atoms with E-state index >= 15 is 0 Å². The van der Waals surface area contributed by atoms with Crippen molar-refractivity contribution in [3.8, 4) is 0 Å². The highest BCUT2D eigenvalue weighted by Gasteiger charge is 1.89. The van der Waals surface area contributed by atoms with Crippen LogP contribution in [0, 0.1) is 0 Å². The first kappa shape index (κ1) is 12.5. The summed E-state index contributed by atoms with van der Waals surface area (Å²) in [5, 5.41) is 0. The molecule has 2 N–H and O–H groups in total. The predicted octanol–water partition coefficient (Wildman–Crippen LogP) is 3.99. The second-order valence-electron chi connectivity index (χ2n) is 3.73. The van der Waals surface area contributed by atoms with Crippen molar-refractivity contribution in [3.05, 3.63) is 11.8 Å². The number of rotatable bonds is 8. The van der Waals surface area contributed by atoms with Gasteiger partial charge in [-0.2, -0.15) is 0 Å². The van der Waals surface area contributed by atoms with Crippen molar-refractivity contribution in [1.29, 1.82) is 0 Å². The minimum atomic E-state index is 1.06. The van der Waals surface area contributed by atoms with Crippen molar-refractivity contribution in [2.75, 3.05) is 0 Å². The van der Waals surface area contributed by atoms with Crippen LogP contribution in [0.1, 0.15) is 65.2 Å². The molecule has 0 aromatic carbocycles. The van der Waals surface area contributed by atoms with E-state index in [4.69, 9.17) is 5.73 Å². The molecule has 0 heterocycles. The van der Waals surface area contributed by atoms with Crippen LogP contribution in [0.25, 0.3) is 0 Å². The van der Waals surface area contributed by atoms with Crippen molar-refractivity contribution in [2.45, 2.75) is 65.2 Å². The van der Waals surface area contributed by atoms with Crippen molar-refractivity contribution < 1.29 is 0 Å². The van der Waals surface area contributed by atoms with Gasteiger partial charge in [0, 0.05) is 5.70 Å². The van der Waals surface area contributed by atoms with E-state index in [1.165, 1.54) is 38.5 Å². The van der Waals surface area contributed by atoms with E-state index in [-0.39, 0.29) is 0 Å². The fraction of sp³-hybridized carbons (Fsp3) is 0.833. The van der Waals surface area contributed by atoms with Gasteiger partial charge in [0.1, 0.15) is 0 Å². The molecular weight excluding hydrogens is 158 g/mol. The maximum Gasteiger partial charge on any atom is 0.00398 e. The van der Waals surface area contributed by atoms with Crippen LogP contribution in [0.5, 0.6) is 0 Å². The van der Waals surface area contributed by atoms with Gasteiger partial charge in [-0.1, -0.05) is 52.0 Å². The van der Waals surface area contributed by atoms with E-state index in [9.17, 15) is 0 Å². The third kappa shape index (κ3) is 9.45. The smallest absolute Gasteiger partial charge is 0.00398 e. The monoisotopic (exact) mass is 183 g/mol. The molecule has 0 atom stereocenters. The van der Waals surface area contributed by atoms with E-state index in [2.05, 4.69) is 19.9 Å². The third-order valence-corrected chi connectivity index (χ3v) is 2.25. The molecule has 0 spiro atoms. The summed E-state index contributed by atoms with van der Waals surface area (Å²) in [6.07, 6.45) is 12.4. The number of unbranched alkanes of at least 4 members (excludes halogenated alkanes) is 5. The molecule has 0 aromatic rings. The Hall–Kier alpha value is -0.460. The van der Waals surface area contributed by atoms with E-state index in [1.54, 1.807) is 0 Å². The number of hydrogen-bond donors (Lipinski definition) is 1. The zero-order valence-electron chi connectivity index (χ0n) is 9.31. The fourth-order valence-electron chi connectivity index (χ4n) is 1.43. The number of hydrogen-bond acceptors (Lipinski definition) is 1. The first-order valence-corrected chi connectivity index (χ1v) is 5.75. The average molecular weight is 183 g/mol. The summed E-state index contributed by atoms with van der Waals surface area (Å²) >= 11 is 0. The van der Waals surface area contributed by atoms with Crippen LogP contribution in [-0.2, 0) is 0 Å². The van der Waals surface area contributed by atoms with Crippen LogP contribution >= 0.6 is 0 Å². The van der Waals surface area contributed by atoms with Gasteiger partial charge < -0.3 is 5.73 Å². The molecule has 0 aliphatic rings. The maximum atomic E-state index is 5.79. The van der Waals surface area contributed by atoms with Gasteiger partial charge in [0.05, 0.1) is 0 Å². The summed E-state index contributed by atoms with van der Waals surface area (Å²) in [6.45, 7) is 4.42. The van der Waals surface area contributed by atoms with Crippen LogP contribution in [0.15, 0.2) is 11.8 Å². The molecular formula is C12H25N. The van der Waals surface area contributed by atoms with Gasteiger partial charge in [-0.25, -0.2) is 0 Å². The van der Waals surface area contributed by atoms with Gasteiger partial charge in [-0.3, -0.25) is 0 Å². The van der Waals surface area contributed by atoms with Crippen molar-refractivity contribution in [1.82, 2.24) is 0 Å². The molecule has 78 valence electrons. The van der Waals surface area contributed by atoms with E-state index < -0.39 is 0 Å². The standard InChI is InChI=1S/C12H25N/c1-3-5-6-7-8-9-11-12(13)10-4-2/h11H,3-10,13H2,1-2H3. The zero-order chi connectivity index (χ0) is 9.94. The quantitative estimate of drug-likeness (QED) is 0.566. The summed E-state index contributed by atoms with van der Waals surface area (Å²) < 4.78 is 0. The van der Waals surface area contributed by atoms with Crippen LogP contribution in [0.3, 0.4) is 0 Å². The van der Waals surface area contributed by atoms with E-state index in [1.807, 2.05) is 0 Å². The molecule has 0 saturated carbocycles. The topological polar surface area (TPSA) is 26.0 Å². The molecule has 0 amide bonds.